The van der Waals surface area contributed by atoms with Gasteiger partial charge in [0.25, 0.3) is 11.8 Å². The Kier molecular flexibility index (Phi) is 9.16. The molecular weight excluding hydrogens is 593 g/mol. The summed E-state index contributed by atoms with van der Waals surface area (Å²) in [6.07, 6.45) is 4.70. The topological polar surface area (TPSA) is 95.5 Å². The standard InChI is InChI=1S/C30H34N6O3S.C3H8S/c1-3-34-8-10-35(11-9-34)25(37)16-39-18-4-7-24-20(12-18)27-22-13-31-30(38)28(22)26-19(29(27)36(24)15-17(2)40)5-6-23-21(26)14-32-33-23;1-2-3-4/h4,7,12,14,17,40H,3,5-6,8-11,13,15-16H2,1-2H3,(H,31,38)(H,32,33);4H,2-3H2,1H3. The second-order valence-corrected chi connectivity index (χ2v) is 13.2. The highest BCUT2D eigenvalue weighted by molar-refractivity contribution is 7.80. The number of aromatic amines is 1. The predicted molar refractivity (Wildman–Crippen MR) is 182 cm³/mol. The average molecular weight is 635 g/mol. The van der Waals surface area contributed by atoms with E-state index in [2.05, 4.69) is 64.4 Å². The average Bonchev–Trinajstić information content (AvgIpc) is 3.76. The van der Waals surface area contributed by atoms with Gasteiger partial charge in [-0.2, -0.15) is 30.4 Å². The maximum absolute atomic E-state index is 13.2. The molecule has 2 amide bonds. The SMILES string of the molecule is CCCS.CCN1CCN(C(=O)COc2ccc3c(c2)c2c4c(c5c(c2n3CC(C)S)CCc2[nH]ncc2-5)C(=O)NC4)CC1. The third-order valence-electron chi connectivity index (χ3n) is 8.95. The van der Waals surface area contributed by atoms with Gasteiger partial charge < -0.3 is 24.4 Å². The molecule has 2 aromatic carbocycles. The minimum atomic E-state index is -0.0353. The molecule has 0 radical (unpaired) electrons. The Morgan fingerprint density at radius 2 is 1.89 bits per heavy atom. The Morgan fingerprint density at radius 3 is 2.59 bits per heavy atom. The van der Waals surface area contributed by atoms with Crippen LogP contribution < -0.4 is 10.1 Å². The summed E-state index contributed by atoms with van der Waals surface area (Å²) in [5.41, 5.74) is 8.32. The molecule has 1 atom stereocenters. The summed E-state index contributed by atoms with van der Waals surface area (Å²) >= 11 is 8.68. The number of fused-ring (bicyclic) bond motifs is 10. The number of hydrogen-bond acceptors (Lipinski definition) is 7. The second-order valence-electron chi connectivity index (χ2n) is 11.8. The number of rotatable bonds is 7. The summed E-state index contributed by atoms with van der Waals surface area (Å²) in [4.78, 5) is 30.4. The minimum Gasteiger partial charge on any atom is -0.484 e. The number of aryl methyl sites for hydroxylation is 2. The Balaban J connectivity index is 0.000000810. The Bertz CT molecular complexity index is 1700. The zero-order chi connectivity index (χ0) is 31.0. The summed E-state index contributed by atoms with van der Waals surface area (Å²) in [6.45, 7) is 11.9. The van der Waals surface area contributed by atoms with Gasteiger partial charge in [0.15, 0.2) is 6.61 Å². The van der Waals surface area contributed by atoms with Crippen molar-refractivity contribution in [2.45, 2.75) is 58.4 Å². The Labute approximate surface area is 269 Å². The van der Waals surface area contributed by atoms with Crippen molar-refractivity contribution in [1.82, 2.24) is 29.9 Å². The van der Waals surface area contributed by atoms with Gasteiger partial charge in [0.1, 0.15) is 5.75 Å². The fraction of sp³-hybridized carbons (Fsp3) is 0.485. The Hall–Kier alpha value is -3.15. The van der Waals surface area contributed by atoms with Crippen LogP contribution in [0.15, 0.2) is 24.4 Å². The summed E-state index contributed by atoms with van der Waals surface area (Å²) in [5, 5.41) is 12.8. The molecule has 4 heterocycles. The van der Waals surface area contributed by atoms with E-state index >= 15 is 0 Å². The van der Waals surface area contributed by atoms with E-state index in [0.717, 1.165) is 108 Å². The maximum atomic E-state index is 13.2. The Morgan fingerprint density at radius 1 is 1.11 bits per heavy atom. The number of likely N-dealkylation sites (N-methyl/N-ethyl adjacent to an activating group) is 1. The quantitative estimate of drug-likeness (QED) is 0.221. The molecule has 1 fully saturated rings. The van der Waals surface area contributed by atoms with E-state index < -0.39 is 0 Å². The van der Waals surface area contributed by atoms with Gasteiger partial charge in [-0.3, -0.25) is 14.7 Å². The lowest BCUT2D eigenvalue weighted by Gasteiger charge is -2.33. The predicted octanol–water partition coefficient (Wildman–Crippen LogP) is 4.71. The number of carbonyl (C=O) groups excluding carboxylic acids is 2. The van der Waals surface area contributed by atoms with Gasteiger partial charge in [-0.1, -0.05) is 20.8 Å². The number of H-pyrrole nitrogens is 1. The molecule has 0 bridgehead atoms. The van der Waals surface area contributed by atoms with Crippen LogP contribution in [0, 0.1) is 0 Å². The van der Waals surface area contributed by atoms with Crippen LogP contribution in [-0.2, 0) is 30.7 Å². The first kappa shape index (κ1) is 30.9. The zero-order valence-corrected chi connectivity index (χ0v) is 27.6. The van der Waals surface area contributed by atoms with Gasteiger partial charge in [-0.25, -0.2) is 0 Å². The molecule has 2 aromatic heterocycles. The van der Waals surface area contributed by atoms with Crippen molar-refractivity contribution in [2.75, 3.05) is 45.1 Å². The van der Waals surface area contributed by atoms with Crippen molar-refractivity contribution >= 4 is 58.9 Å². The molecule has 7 rings (SSSR count). The van der Waals surface area contributed by atoms with Crippen LogP contribution in [0.1, 0.15) is 54.4 Å². The number of aromatic nitrogens is 3. The number of amides is 2. The van der Waals surface area contributed by atoms with Gasteiger partial charge in [0, 0.05) is 77.6 Å². The number of thiol groups is 2. The lowest BCUT2D eigenvalue weighted by molar-refractivity contribution is -0.135. The molecule has 9 nitrogen and oxygen atoms in total. The number of nitrogens with one attached hydrogen (secondary N) is 2. The van der Waals surface area contributed by atoms with Crippen LogP contribution in [0.5, 0.6) is 5.75 Å². The maximum Gasteiger partial charge on any atom is 0.260 e. The number of piperazine rings is 1. The summed E-state index contributed by atoms with van der Waals surface area (Å²) < 4.78 is 8.45. The fourth-order valence-corrected chi connectivity index (χ4v) is 6.95. The highest BCUT2D eigenvalue weighted by atomic mass is 32.1. The molecule has 3 aliphatic rings. The number of hydrogen-bond donors (Lipinski definition) is 4. The smallest absolute Gasteiger partial charge is 0.260 e. The van der Waals surface area contributed by atoms with E-state index in [4.69, 9.17) is 17.4 Å². The lowest BCUT2D eigenvalue weighted by Crippen LogP contribution is -2.49. The normalized spacial score (nSPS) is 16.7. The number of nitrogens with zero attached hydrogens (tertiary/aromatic N) is 4. The molecule has 2 aliphatic heterocycles. The third-order valence-corrected chi connectivity index (χ3v) is 9.56. The lowest BCUT2D eigenvalue weighted by atomic mass is 9.82. The van der Waals surface area contributed by atoms with Gasteiger partial charge >= 0.3 is 0 Å². The summed E-state index contributed by atoms with van der Waals surface area (Å²) in [5.74, 6) is 1.65. The van der Waals surface area contributed by atoms with E-state index in [9.17, 15) is 9.59 Å². The molecule has 44 heavy (non-hydrogen) atoms. The summed E-state index contributed by atoms with van der Waals surface area (Å²) in [7, 11) is 0. The molecule has 0 spiro atoms. The minimum absolute atomic E-state index is 0.0146. The first-order valence-electron chi connectivity index (χ1n) is 15.7. The zero-order valence-electron chi connectivity index (χ0n) is 25.8. The monoisotopic (exact) mass is 634 g/mol. The van der Waals surface area contributed by atoms with Crippen molar-refractivity contribution < 1.29 is 14.3 Å². The van der Waals surface area contributed by atoms with Crippen molar-refractivity contribution in [3.8, 4) is 16.9 Å². The van der Waals surface area contributed by atoms with Crippen molar-refractivity contribution in [3.05, 3.63) is 46.8 Å². The van der Waals surface area contributed by atoms with Crippen molar-refractivity contribution in [1.29, 1.82) is 0 Å². The molecule has 1 unspecified atom stereocenters. The van der Waals surface area contributed by atoms with Crippen LogP contribution in [0.4, 0.5) is 0 Å². The molecule has 234 valence electrons. The van der Waals surface area contributed by atoms with Crippen LogP contribution >= 0.6 is 25.3 Å². The highest BCUT2D eigenvalue weighted by Gasteiger charge is 2.35. The van der Waals surface area contributed by atoms with Crippen LogP contribution in [-0.4, -0.2) is 86.7 Å². The molecular formula is C33H42N6O3S2. The van der Waals surface area contributed by atoms with Crippen LogP contribution in [0.2, 0.25) is 0 Å². The van der Waals surface area contributed by atoms with E-state index in [1.807, 2.05) is 23.2 Å². The second kappa shape index (κ2) is 13.1. The molecule has 11 heteroatoms. The van der Waals surface area contributed by atoms with Gasteiger partial charge in [0.2, 0.25) is 0 Å². The number of benzene rings is 2. The van der Waals surface area contributed by atoms with Gasteiger partial charge in [-0.15, -0.1) is 0 Å². The molecule has 0 saturated carbocycles. The van der Waals surface area contributed by atoms with E-state index in [1.54, 1.807) is 0 Å². The van der Waals surface area contributed by atoms with Crippen LogP contribution in [0.3, 0.4) is 0 Å². The van der Waals surface area contributed by atoms with Gasteiger partial charge in [-0.05, 0) is 60.9 Å². The first-order valence-corrected chi connectivity index (χ1v) is 16.9. The van der Waals surface area contributed by atoms with E-state index in [0.29, 0.717) is 12.3 Å². The van der Waals surface area contributed by atoms with E-state index in [1.165, 1.54) is 12.0 Å². The van der Waals surface area contributed by atoms with Crippen molar-refractivity contribution in [2.24, 2.45) is 0 Å². The summed E-state index contributed by atoms with van der Waals surface area (Å²) in [6, 6.07) is 6.08. The van der Waals surface area contributed by atoms with Gasteiger partial charge in [0.05, 0.1) is 17.3 Å². The molecule has 2 N–H and O–H groups in total. The van der Waals surface area contributed by atoms with Crippen molar-refractivity contribution in [3.63, 3.8) is 0 Å². The van der Waals surface area contributed by atoms with Crippen LogP contribution in [0.25, 0.3) is 32.9 Å². The molecule has 4 aromatic rings. The fourth-order valence-electron chi connectivity index (χ4n) is 6.79. The number of carbonyl (C=O) groups is 2. The van der Waals surface area contributed by atoms with E-state index in [-0.39, 0.29) is 23.7 Å². The number of ether oxygens (including phenoxy) is 1. The molecule has 1 aliphatic carbocycles. The highest BCUT2D eigenvalue weighted by Crippen LogP contribution is 2.47. The molecule has 1 saturated heterocycles. The first-order chi connectivity index (χ1) is 21.4. The largest absolute Gasteiger partial charge is 0.484 e. The third kappa shape index (κ3) is 5.58.